The zero-order valence-corrected chi connectivity index (χ0v) is 10.4. The van der Waals surface area contributed by atoms with Gasteiger partial charge in [0.25, 0.3) is 0 Å². The van der Waals surface area contributed by atoms with Gasteiger partial charge in [0, 0.05) is 13.1 Å². The first-order chi connectivity index (χ1) is 8.88. The molecule has 1 heterocycles. The van der Waals surface area contributed by atoms with Gasteiger partial charge in [-0.05, 0) is 24.6 Å². The van der Waals surface area contributed by atoms with E-state index < -0.39 is 17.8 Å². The molecule has 0 saturated carbocycles. The molecule has 1 unspecified atom stereocenters. The molecule has 2 N–H and O–H groups in total. The second-order valence-electron chi connectivity index (χ2n) is 4.71. The topological polar surface area (TPSA) is 41.1 Å². The highest BCUT2D eigenvalue weighted by Gasteiger charge is 2.31. The van der Waals surface area contributed by atoms with Crippen LogP contribution in [0.3, 0.4) is 0 Å². The van der Waals surface area contributed by atoms with Crippen molar-refractivity contribution in [1.82, 2.24) is 10.6 Å². The molecule has 1 aromatic carbocycles. The molecule has 2 rings (SSSR count). The van der Waals surface area contributed by atoms with Crippen LogP contribution in [-0.4, -0.2) is 19.0 Å². The minimum absolute atomic E-state index is 0.0757. The molecule has 1 fully saturated rings. The highest BCUT2D eigenvalue weighted by atomic mass is 19.4. The number of halogens is 3. The number of hydrogen-bond acceptors (Lipinski definition) is 2. The van der Waals surface area contributed by atoms with Gasteiger partial charge < -0.3 is 10.6 Å². The van der Waals surface area contributed by atoms with Crippen molar-refractivity contribution >= 4 is 5.91 Å². The molecular formula is C13H15F3N2O. The summed E-state index contributed by atoms with van der Waals surface area (Å²) in [6.07, 6.45) is -4.36. The van der Waals surface area contributed by atoms with Crippen molar-refractivity contribution in [2.24, 2.45) is 5.92 Å². The molecule has 0 bridgehead atoms. The van der Waals surface area contributed by atoms with Crippen molar-refractivity contribution < 1.29 is 18.0 Å². The van der Waals surface area contributed by atoms with Crippen LogP contribution >= 0.6 is 0 Å². The summed E-state index contributed by atoms with van der Waals surface area (Å²) in [5, 5.41) is 5.71. The number of amides is 1. The quantitative estimate of drug-likeness (QED) is 0.884. The second-order valence-corrected chi connectivity index (χ2v) is 4.71. The molecule has 0 aliphatic carbocycles. The van der Waals surface area contributed by atoms with Gasteiger partial charge in [-0.25, -0.2) is 0 Å². The molecule has 0 aromatic heterocycles. The molecule has 3 nitrogen and oxygen atoms in total. The van der Waals surface area contributed by atoms with Crippen molar-refractivity contribution in [3.8, 4) is 0 Å². The minimum atomic E-state index is -4.36. The number of nitrogens with one attached hydrogen (secondary N) is 2. The highest BCUT2D eigenvalue weighted by Crippen LogP contribution is 2.30. The molecule has 1 saturated heterocycles. The van der Waals surface area contributed by atoms with Crippen LogP contribution in [0.5, 0.6) is 0 Å². The average Bonchev–Trinajstić information content (AvgIpc) is 2.25. The fraction of sp³-hybridized carbons (Fsp3) is 0.462. The number of hydrogen-bond donors (Lipinski definition) is 2. The normalized spacial score (nSPS) is 17.7. The van der Waals surface area contributed by atoms with Gasteiger partial charge in [0.2, 0.25) is 5.91 Å². The molecule has 0 spiro atoms. The lowest BCUT2D eigenvalue weighted by atomic mass is 10.0. The summed E-state index contributed by atoms with van der Waals surface area (Å²) >= 11 is 0. The van der Waals surface area contributed by atoms with Crippen molar-refractivity contribution in [2.45, 2.75) is 19.1 Å². The number of carbonyl (C=O) groups is 1. The first kappa shape index (κ1) is 13.9. The Hall–Kier alpha value is -1.56. The fourth-order valence-corrected chi connectivity index (χ4v) is 1.87. The van der Waals surface area contributed by atoms with Crippen LogP contribution in [0.25, 0.3) is 0 Å². The molecule has 1 aliphatic rings. The van der Waals surface area contributed by atoms with Crippen molar-refractivity contribution in [3.63, 3.8) is 0 Å². The van der Waals surface area contributed by atoms with E-state index in [1.165, 1.54) is 6.07 Å². The Kier molecular flexibility index (Phi) is 3.80. The van der Waals surface area contributed by atoms with E-state index in [-0.39, 0.29) is 11.8 Å². The Morgan fingerprint density at radius 3 is 2.63 bits per heavy atom. The van der Waals surface area contributed by atoms with Crippen LogP contribution in [0.2, 0.25) is 0 Å². The predicted molar refractivity (Wildman–Crippen MR) is 64.4 cm³/mol. The van der Waals surface area contributed by atoms with Crippen LogP contribution in [0.1, 0.15) is 24.1 Å². The Morgan fingerprint density at radius 2 is 2.11 bits per heavy atom. The first-order valence-electron chi connectivity index (χ1n) is 6.06. The Balaban J connectivity index is 2.06. The number of alkyl halides is 3. The van der Waals surface area contributed by atoms with Gasteiger partial charge in [0.15, 0.2) is 0 Å². The highest BCUT2D eigenvalue weighted by molar-refractivity contribution is 5.80. The smallest absolute Gasteiger partial charge is 0.349 e. The molecule has 0 radical (unpaired) electrons. The van der Waals surface area contributed by atoms with E-state index in [9.17, 15) is 18.0 Å². The lowest BCUT2D eigenvalue weighted by Gasteiger charge is -2.27. The van der Waals surface area contributed by atoms with E-state index in [1.54, 1.807) is 13.0 Å². The Bertz CT molecular complexity index is 469. The average molecular weight is 272 g/mol. The van der Waals surface area contributed by atoms with Crippen molar-refractivity contribution in [1.29, 1.82) is 0 Å². The number of carbonyl (C=O) groups excluding carboxylic acids is 1. The zero-order chi connectivity index (χ0) is 14.0. The molecule has 1 aliphatic heterocycles. The summed E-state index contributed by atoms with van der Waals surface area (Å²) in [5.41, 5.74) is -0.244. The molecule has 1 aromatic rings. The number of benzene rings is 1. The Labute approximate surface area is 109 Å². The van der Waals surface area contributed by atoms with Crippen molar-refractivity contribution in [3.05, 3.63) is 35.4 Å². The summed E-state index contributed by atoms with van der Waals surface area (Å²) in [6.45, 7) is 2.93. The van der Waals surface area contributed by atoms with Gasteiger partial charge in [0.05, 0.1) is 17.5 Å². The standard InChI is InChI=1S/C13H15F3N2O/c1-8(18-12(19)10-6-17-7-10)9-3-2-4-11(5-9)13(14,15)16/h2-5,8,10,17H,6-7H2,1H3,(H,18,19). The maximum absolute atomic E-state index is 12.6. The molecule has 104 valence electrons. The lowest BCUT2D eigenvalue weighted by Crippen LogP contribution is -2.51. The van der Waals surface area contributed by atoms with Crippen LogP contribution in [-0.2, 0) is 11.0 Å². The fourth-order valence-electron chi connectivity index (χ4n) is 1.87. The SMILES string of the molecule is CC(NC(=O)C1CNC1)c1cccc(C(F)(F)F)c1. The van der Waals surface area contributed by atoms with E-state index >= 15 is 0 Å². The number of rotatable bonds is 3. The van der Waals surface area contributed by atoms with Gasteiger partial charge in [-0.15, -0.1) is 0 Å². The van der Waals surface area contributed by atoms with Crippen molar-refractivity contribution in [2.75, 3.05) is 13.1 Å². The second kappa shape index (κ2) is 5.21. The zero-order valence-electron chi connectivity index (χ0n) is 10.4. The van der Waals surface area contributed by atoms with Gasteiger partial charge in [-0.1, -0.05) is 12.1 Å². The summed E-state index contributed by atoms with van der Waals surface area (Å²) in [6, 6.07) is 4.60. The van der Waals surface area contributed by atoms with E-state index in [2.05, 4.69) is 10.6 Å². The minimum Gasteiger partial charge on any atom is -0.349 e. The maximum atomic E-state index is 12.6. The lowest BCUT2D eigenvalue weighted by molar-refractivity contribution is -0.137. The predicted octanol–water partition coefficient (Wildman–Crippen LogP) is 2.10. The van der Waals surface area contributed by atoms with Gasteiger partial charge in [-0.3, -0.25) is 4.79 Å². The van der Waals surface area contributed by atoms with Gasteiger partial charge in [-0.2, -0.15) is 13.2 Å². The van der Waals surface area contributed by atoms with E-state index in [0.29, 0.717) is 18.7 Å². The summed E-state index contributed by atoms with van der Waals surface area (Å²) in [4.78, 5) is 11.7. The third-order valence-corrected chi connectivity index (χ3v) is 3.22. The van der Waals surface area contributed by atoms with Crippen LogP contribution in [0.15, 0.2) is 24.3 Å². The van der Waals surface area contributed by atoms with Crippen LogP contribution in [0.4, 0.5) is 13.2 Å². The summed E-state index contributed by atoms with van der Waals surface area (Å²) in [7, 11) is 0. The third kappa shape index (κ3) is 3.26. The monoisotopic (exact) mass is 272 g/mol. The van der Waals surface area contributed by atoms with Gasteiger partial charge >= 0.3 is 6.18 Å². The third-order valence-electron chi connectivity index (χ3n) is 3.22. The summed E-state index contributed by atoms with van der Waals surface area (Å²) < 4.78 is 37.8. The van der Waals surface area contributed by atoms with Crippen LogP contribution < -0.4 is 10.6 Å². The Morgan fingerprint density at radius 1 is 1.42 bits per heavy atom. The largest absolute Gasteiger partial charge is 0.416 e. The molecule has 6 heteroatoms. The summed E-state index contributed by atoms with van der Waals surface area (Å²) in [5.74, 6) is -0.197. The van der Waals surface area contributed by atoms with E-state index in [4.69, 9.17) is 0 Å². The van der Waals surface area contributed by atoms with Crippen LogP contribution in [0, 0.1) is 5.92 Å². The first-order valence-corrected chi connectivity index (χ1v) is 6.06. The maximum Gasteiger partial charge on any atom is 0.416 e. The molecule has 19 heavy (non-hydrogen) atoms. The molecule has 1 amide bonds. The van der Waals surface area contributed by atoms with E-state index in [1.807, 2.05) is 0 Å². The van der Waals surface area contributed by atoms with E-state index in [0.717, 1.165) is 12.1 Å². The molecule has 1 atom stereocenters. The molecular weight excluding hydrogens is 257 g/mol. The van der Waals surface area contributed by atoms with Gasteiger partial charge in [0.1, 0.15) is 0 Å².